The summed E-state index contributed by atoms with van der Waals surface area (Å²) >= 11 is 0. The molecule has 1 heterocycles. The van der Waals surface area contributed by atoms with Crippen LogP contribution in [-0.2, 0) is 16.6 Å². The molecular weight excluding hydrogens is 412 g/mol. The minimum Gasteiger partial charge on any atom is -0.362 e. The molecular formula is C23H26N4O3S. The Bertz CT molecular complexity index is 1150. The number of rotatable bonds is 8. The summed E-state index contributed by atoms with van der Waals surface area (Å²) in [5, 5.41) is 2.83. The molecule has 0 aliphatic rings. The van der Waals surface area contributed by atoms with Gasteiger partial charge in [0.15, 0.2) is 0 Å². The molecule has 0 saturated heterocycles. The summed E-state index contributed by atoms with van der Waals surface area (Å²) in [4.78, 5) is 18.9. The lowest BCUT2D eigenvalue weighted by molar-refractivity contribution is 0.0950. The molecule has 0 aliphatic carbocycles. The second-order valence-corrected chi connectivity index (χ2v) is 9.06. The van der Waals surface area contributed by atoms with E-state index in [4.69, 9.17) is 0 Å². The van der Waals surface area contributed by atoms with Crippen LogP contribution in [0.1, 0.15) is 34.5 Å². The number of carbonyl (C=O) groups is 1. The van der Waals surface area contributed by atoms with Gasteiger partial charge in [-0.3, -0.25) is 4.79 Å². The van der Waals surface area contributed by atoms with Crippen LogP contribution in [0, 0.1) is 0 Å². The van der Waals surface area contributed by atoms with Crippen LogP contribution in [-0.4, -0.2) is 33.4 Å². The van der Waals surface area contributed by atoms with Gasteiger partial charge in [0.25, 0.3) is 5.91 Å². The van der Waals surface area contributed by atoms with Crippen LogP contribution in [0.3, 0.4) is 0 Å². The summed E-state index contributed by atoms with van der Waals surface area (Å²) in [7, 11) is -0.0346. The molecule has 2 N–H and O–H groups in total. The molecule has 162 valence electrons. The Kier molecular flexibility index (Phi) is 7.04. The number of pyridine rings is 1. The molecule has 0 fully saturated rings. The van der Waals surface area contributed by atoms with Crippen molar-refractivity contribution in [1.29, 1.82) is 0 Å². The van der Waals surface area contributed by atoms with Crippen molar-refractivity contribution < 1.29 is 13.2 Å². The molecule has 0 bridgehead atoms. The Balaban J connectivity index is 1.73. The van der Waals surface area contributed by atoms with E-state index in [1.807, 2.05) is 55.4 Å². The number of carbonyl (C=O) groups excluding carboxylic acids is 1. The predicted molar refractivity (Wildman–Crippen MR) is 121 cm³/mol. The van der Waals surface area contributed by atoms with Crippen molar-refractivity contribution >= 4 is 21.7 Å². The molecule has 1 amide bonds. The molecule has 2 aromatic carbocycles. The van der Waals surface area contributed by atoms with E-state index in [9.17, 15) is 13.2 Å². The van der Waals surface area contributed by atoms with Crippen LogP contribution in [0.2, 0.25) is 0 Å². The van der Waals surface area contributed by atoms with E-state index in [0.717, 1.165) is 16.9 Å². The van der Waals surface area contributed by atoms with Gasteiger partial charge in [-0.25, -0.2) is 18.1 Å². The Morgan fingerprint density at radius 3 is 2.48 bits per heavy atom. The van der Waals surface area contributed by atoms with Crippen LogP contribution < -0.4 is 14.9 Å². The van der Waals surface area contributed by atoms with Crippen LogP contribution in [0.15, 0.2) is 77.8 Å². The third-order valence-corrected chi connectivity index (χ3v) is 6.31. The summed E-state index contributed by atoms with van der Waals surface area (Å²) < 4.78 is 28.3. The zero-order valence-corrected chi connectivity index (χ0v) is 18.6. The van der Waals surface area contributed by atoms with Crippen LogP contribution in [0.25, 0.3) is 0 Å². The maximum Gasteiger partial charge on any atom is 0.251 e. The smallest absolute Gasteiger partial charge is 0.251 e. The van der Waals surface area contributed by atoms with Crippen LogP contribution >= 0.6 is 0 Å². The van der Waals surface area contributed by atoms with E-state index in [1.54, 1.807) is 31.3 Å². The lowest BCUT2D eigenvalue weighted by atomic mass is 10.1. The van der Waals surface area contributed by atoms with Crippen molar-refractivity contribution in [2.24, 2.45) is 0 Å². The third-order valence-electron chi connectivity index (χ3n) is 4.77. The molecule has 0 aliphatic heterocycles. The number of amides is 1. The molecule has 7 nitrogen and oxygen atoms in total. The number of hydrogen-bond donors (Lipinski definition) is 2. The lowest BCUT2D eigenvalue weighted by Gasteiger charge is -2.16. The van der Waals surface area contributed by atoms with Crippen molar-refractivity contribution in [3.63, 3.8) is 0 Å². The number of anilines is 1. The average Bonchev–Trinajstić information content (AvgIpc) is 2.78. The van der Waals surface area contributed by atoms with E-state index in [0.29, 0.717) is 0 Å². The normalized spacial score (nSPS) is 12.2. The van der Waals surface area contributed by atoms with Crippen LogP contribution in [0.5, 0.6) is 0 Å². The summed E-state index contributed by atoms with van der Waals surface area (Å²) in [6, 6.07) is 18.6. The van der Waals surface area contributed by atoms with Gasteiger partial charge >= 0.3 is 0 Å². The van der Waals surface area contributed by atoms with Gasteiger partial charge < -0.3 is 10.2 Å². The molecule has 0 spiro atoms. The van der Waals surface area contributed by atoms with Gasteiger partial charge in [0.05, 0.1) is 4.90 Å². The quantitative estimate of drug-likeness (QED) is 0.564. The zero-order valence-electron chi connectivity index (χ0n) is 17.7. The van der Waals surface area contributed by atoms with Crippen molar-refractivity contribution in [3.05, 3.63) is 89.6 Å². The lowest BCUT2D eigenvalue weighted by Crippen LogP contribution is -2.28. The maximum absolute atomic E-state index is 12.8. The Labute approximate surface area is 183 Å². The number of nitrogens with zero attached hydrogens (tertiary/aromatic N) is 2. The molecule has 0 saturated carbocycles. The molecule has 1 aromatic heterocycles. The first kappa shape index (κ1) is 22.5. The van der Waals surface area contributed by atoms with Crippen molar-refractivity contribution in [1.82, 2.24) is 15.0 Å². The number of hydrogen-bond acceptors (Lipinski definition) is 5. The van der Waals surface area contributed by atoms with E-state index in [-0.39, 0.29) is 22.9 Å². The first-order valence-electron chi connectivity index (χ1n) is 9.84. The summed E-state index contributed by atoms with van der Waals surface area (Å²) in [5.74, 6) is 0.403. The second-order valence-electron chi connectivity index (χ2n) is 7.34. The van der Waals surface area contributed by atoms with Gasteiger partial charge in [-0.05, 0) is 36.8 Å². The van der Waals surface area contributed by atoms with Gasteiger partial charge in [-0.15, -0.1) is 0 Å². The average molecular weight is 439 g/mol. The highest BCUT2D eigenvalue weighted by atomic mass is 32.2. The fraction of sp³-hybridized carbons (Fsp3) is 0.217. The SMILES string of the molecule is CC(NS(=O)(=O)c1cccc(C(=O)NCc2cccnc2N(C)C)c1)c1ccccc1. The maximum atomic E-state index is 12.8. The van der Waals surface area contributed by atoms with E-state index >= 15 is 0 Å². The molecule has 3 rings (SSSR count). The van der Waals surface area contributed by atoms with Crippen molar-refractivity contribution in [3.8, 4) is 0 Å². The third kappa shape index (κ3) is 5.68. The number of nitrogens with one attached hydrogen (secondary N) is 2. The van der Waals surface area contributed by atoms with Gasteiger partial charge in [-0.2, -0.15) is 0 Å². The fourth-order valence-corrected chi connectivity index (χ4v) is 4.44. The molecule has 1 unspecified atom stereocenters. The summed E-state index contributed by atoms with van der Waals surface area (Å²) in [6.45, 7) is 2.06. The summed E-state index contributed by atoms with van der Waals surface area (Å²) in [6.07, 6.45) is 1.69. The zero-order chi connectivity index (χ0) is 22.4. The van der Waals surface area contributed by atoms with Gasteiger partial charge in [0, 0.05) is 44.0 Å². The van der Waals surface area contributed by atoms with Crippen LogP contribution in [0.4, 0.5) is 5.82 Å². The first-order valence-corrected chi connectivity index (χ1v) is 11.3. The summed E-state index contributed by atoms with van der Waals surface area (Å²) in [5.41, 5.74) is 1.99. The Morgan fingerprint density at radius 1 is 1.03 bits per heavy atom. The Hall–Kier alpha value is -3.23. The van der Waals surface area contributed by atoms with E-state index in [1.165, 1.54) is 12.1 Å². The Morgan fingerprint density at radius 2 is 1.77 bits per heavy atom. The second kappa shape index (κ2) is 9.72. The molecule has 31 heavy (non-hydrogen) atoms. The van der Waals surface area contributed by atoms with Gasteiger partial charge in [0.2, 0.25) is 10.0 Å². The standard InChI is InChI=1S/C23H26N4O3S/c1-17(18-9-5-4-6-10-18)26-31(29,30)21-13-7-11-19(15-21)23(28)25-16-20-12-8-14-24-22(20)27(2)3/h4-15,17,26H,16H2,1-3H3,(H,25,28). The largest absolute Gasteiger partial charge is 0.362 e. The highest BCUT2D eigenvalue weighted by Crippen LogP contribution is 2.18. The highest BCUT2D eigenvalue weighted by molar-refractivity contribution is 7.89. The van der Waals surface area contributed by atoms with Gasteiger partial charge in [0.1, 0.15) is 5.82 Å². The molecule has 3 aromatic rings. The molecule has 0 radical (unpaired) electrons. The van der Waals surface area contributed by atoms with E-state index < -0.39 is 16.1 Å². The first-order chi connectivity index (χ1) is 14.8. The number of sulfonamides is 1. The highest BCUT2D eigenvalue weighted by Gasteiger charge is 2.20. The predicted octanol–water partition coefficient (Wildman–Crippen LogP) is 3.12. The number of benzene rings is 2. The molecule has 1 atom stereocenters. The van der Waals surface area contributed by atoms with Gasteiger partial charge in [-0.1, -0.05) is 42.5 Å². The fourth-order valence-electron chi connectivity index (χ4n) is 3.16. The van der Waals surface area contributed by atoms with Crippen molar-refractivity contribution in [2.45, 2.75) is 24.4 Å². The minimum absolute atomic E-state index is 0.0401. The minimum atomic E-state index is -3.80. The monoisotopic (exact) mass is 438 g/mol. The van der Waals surface area contributed by atoms with Crippen molar-refractivity contribution in [2.75, 3.05) is 19.0 Å². The molecule has 8 heteroatoms. The van der Waals surface area contributed by atoms with E-state index in [2.05, 4.69) is 15.0 Å². The number of aromatic nitrogens is 1. The topological polar surface area (TPSA) is 91.4 Å².